The fourth-order valence-corrected chi connectivity index (χ4v) is 2.57. The Morgan fingerprint density at radius 1 is 0.879 bits per heavy atom. The summed E-state index contributed by atoms with van der Waals surface area (Å²) < 4.78 is 25.1. The molecule has 0 bridgehead atoms. The maximum Gasteiger partial charge on any atom is 0.514 e. The second-order valence-electron chi connectivity index (χ2n) is 7.74. The molecule has 1 aromatic carbocycles. The van der Waals surface area contributed by atoms with Gasteiger partial charge in [0.1, 0.15) is 12.1 Å². The second-order valence-corrected chi connectivity index (χ2v) is 7.74. The molecule has 0 saturated heterocycles. The van der Waals surface area contributed by atoms with Gasteiger partial charge in [-0.15, -0.1) is 0 Å². The highest BCUT2D eigenvalue weighted by molar-refractivity contribution is 5.74. The number of esters is 1. The highest BCUT2D eigenvalue weighted by atomic mass is 16.7. The van der Waals surface area contributed by atoms with Crippen molar-refractivity contribution in [2.45, 2.75) is 72.3 Å². The predicted molar refractivity (Wildman–Crippen MR) is 115 cm³/mol. The molecule has 0 aromatic heterocycles. The molecule has 184 valence electrons. The number of ether oxygens (including phenoxy) is 5. The summed E-state index contributed by atoms with van der Waals surface area (Å²) in [5.74, 6) is -1.85. The summed E-state index contributed by atoms with van der Waals surface area (Å²) in [4.78, 5) is 46.6. The molecule has 1 aromatic rings. The SMILES string of the molecule is CC(=O)OC(C)CN[C@@H](Cc1ccc(OC(=O)OC(C)C)c(OC(=O)OC(C)C)c1)C(=O)O. The van der Waals surface area contributed by atoms with Crippen LogP contribution in [-0.4, -0.2) is 60.3 Å². The van der Waals surface area contributed by atoms with Crippen LogP contribution < -0.4 is 14.8 Å². The van der Waals surface area contributed by atoms with Crippen molar-refractivity contribution in [1.29, 1.82) is 0 Å². The van der Waals surface area contributed by atoms with E-state index in [4.69, 9.17) is 23.7 Å². The van der Waals surface area contributed by atoms with Gasteiger partial charge in [0.2, 0.25) is 0 Å². The van der Waals surface area contributed by atoms with Crippen molar-refractivity contribution in [2.75, 3.05) is 6.54 Å². The van der Waals surface area contributed by atoms with Gasteiger partial charge in [-0.05, 0) is 58.7 Å². The average molecular weight is 469 g/mol. The van der Waals surface area contributed by atoms with Gasteiger partial charge < -0.3 is 34.1 Å². The van der Waals surface area contributed by atoms with Gasteiger partial charge in [-0.3, -0.25) is 9.59 Å². The molecule has 0 heterocycles. The van der Waals surface area contributed by atoms with Crippen LogP contribution >= 0.6 is 0 Å². The van der Waals surface area contributed by atoms with Crippen molar-refractivity contribution in [3.05, 3.63) is 23.8 Å². The fourth-order valence-electron chi connectivity index (χ4n) is 2.57. The summed E-state index contributed by atoms with van der Waals surface area (Å²) in [5.41, 5.74) is 0.465. The first-order valence-corrected chi connectivity index (χ1v) is 10.4. The van der Waals surface area contributed by atoms with Crippen molar-refractivity contribution in [3.8, 4) is 11.5 Å². The molecule has 0 spiro atoms. The van der Waals surface area contributed by atoms with E-state index in [0.717, 1.165) is 0 Å². The summed E-state index contributed by atoms with van der Waals surface area (Å²) in [7, 11) is 0. The molecule has 33 heavy (non-hydrogen) atoms. The van der Waals surface area contributed by atoms with Crippen molar-refractivity contribution < 1.29 is 48.0 Å². The van der Waals surface area contributed by atoms with Crippen molar-refractivity contribution in [1.82, 2.24) is 5.32 Å². The number of benzene rings is 1. The zero-order chi connectivity index (χ0) is 25.1. The molecule has 0 radical (unpaired) electrons. The fraction of sp³-hybridized carbons (Fsp3) is 0.545. The molecule has 0 amide bonds. The molecule has 2 atom stereocenters. The Bertz CT molecular complexity index is 836. The number of carboxylic acid groups (broad SMARTS) is 1. The Hall–Kier alpha value is -3.34. The summed E-state index contributed by atoms with van der Waals surface area (Å²) in [6.07, 6.45) is -3.43. The molecular weight excluding hydrogens is 438 g/mol. The molecule has 0 saturated carbocycles. The normalized spacial score (nSPS) is 12.6. The van der Waals surface area contributed by atoms with E-state index in [0.29, 0.717) is 5.56 Å². The molecule has 1 rings (SSSR count). The van der Waals surface area contributed by atoms with Crippen LogP contribution in [-0.2, 0) is 30.2 Å². The molecule has 11 heteroatoms. The standard InChI is InChI=1S/C22H31NO10/c1-12(2)29-21(27)32-18-8-7-16(10-19(18)33-22(28)30-13(3)4)9-17(20(25)26)23-11-14(5)31-15(6)24/h7-8,10,12-14,17,23H,9,11H2,1-6H3,(H,25,26)/t14?,17-/m0/s1. The van der Waals surface area contributed by atoms with E-state index >= 15 is 0 Å². The molecule has 0 fully saturated rings. The zero-order valence-electron chi connectivity index (χ0n) is 19.6. The lowest BCUT2D eigenvalue weighted by Gasteiger charge is -2.19. The first-order valence-electron chi connectivity index (χ1n) is 10.4. The number of hydrogen-bond acceptors (Lipinski definition) is 10. The minimum atomic E-state index is -1.13. The first kappa shape index (κ1) is 27.7. The van der Waals surface area contributed by atoms with Gasteiger partial charge in [0, 0.05) is 13.5 Å². The first-order chi connectivity index (χ1) is 15.4. The smallest absolute Gasteiger partial charge is 0.480 e. The second kappa shape index (κ2) is 13.3. The summed E-state index contributed by atoms with van der Waals surface area (Å²) in [6.45, 7) is 9.55. The van der Waals surface area contributed by atoms with Crippen LogP contribution in [0.5, 0.6) is 11.5 Å². The van der Waals surface area contributed by atoms with Gasteiger partial charge >= 0.3 is 24.2 Å². The topological polar surface area (TPSA) is 147 Å². The third-order valence-corrected chi connectivity index (χ3v) is 3.82. The Kier molecular flexibility index (Phi) is 11.1. The van der Waals surface area contributed by atoms with Gasteiger partial charge in [-0.25, -0.2) is 9.59 Å². The number of rotatable bonds is 11. The quantitative estimate of drug-likeness (QED) is 0.280. The lowest BCUT2D eigenvalue weighted by atomic mass is 10.0. The average Bonchev–Trinajstić information content (AvgIpc) is 2.64. The Morgan fingerprint density at radius 3 is 1.91 bits per heavy atom. The van der Waals surface area contributed by atoms with Crippen LogP contribution in [0.25, 0.3) is 0 Å². The van der Waals surface area contributed by atoms with Gasteiger partial charge in [0.25, 0.3) is 0 Å². The number of nitrogens with one attached hydrogen (secondary N) is 1. The van der Waals surface area contributed by atoms with Crippen LogP contribution in [0.2, 0.25) is 0 Å². The van der Waals surface area contributed by atoms with Crippen LogP contribution in [0.1, 0.15) is 47.1 Å². The number of aliphatic carboxylic acids is 1. The van der Waals surface area contributed by atoms with E-state index < -0.39 is 48.6 Å². The maximum atomic E-state index is 12.0. The van der Waals surface area contributed by atoms with Crippen LogP contribution in [0, 0.1) is 0 Å². The molecule has 0 aliphatic carbocycles. The minimum absolute atomic E-state index is 0.00552. The monoisotopic (exact) mass is 469 g/mol. The highest BCUT2D eigenvalue weighted by Crippen LogP contribution is 2.30. The number of carboxylic acids is 1. The molecule has 1 unspecified atom stereocenters. The summed E-state index contributed by atoms with van der Waals surface area (Å²) in [5, 5.41) is 12.4. The molecule has 11 nitrogen and oxygen atoms in total. The highest BCUT2D eigenvalue weighted by Gasteiger charge is 2.22. The molecular formula is C22H31NO10. The largest absolute Gasteiger partial charge is 0.514 e. The summed E-state index contributed by atoms with van der Waals surface area (Å²) >= 11 is 0. The minimum Gasteiger partial charge on any atom is -0.480 e. The van der Waals surface area contributed by atoms with E-state index in [1.165, 1.54) is 25.1 Å². The predicted octanol–water partition coefficient (Wildman–Crippen LogP) is 3.07. The van der Waals surface area contributed by atoms with Crippen LogP contribution in [0.4, 0.5) is 9.59 Å². The number of carbonyl (C=O) groups is 4. The zero-order valence-corrected chi connectivity index (χ0v) is 19.6. The third kappa shape index (κ3) is 11.2. The van der Waals surface area contributed by atoms with E-state index in [1.54, 1.807) is 34.6 Å². The van der Waals surface area contributed by atoms with Gasteiger partial charge in [-0.2, -0.15) is 0 Å². The summed E-state index contributed by atoms with van der Waals surface area (Å²) in [6, 6.07) is 3.21. The molecule has 0 aliphatic heterocycles. The van der Waals surface area contributed by atoms with Crippen molar-refractivity contribution in [3.63, 3.8) is 0 Å². The van der Waals surface area contributed by atoms with Crippen LogP contribution in [0.3, 0.4) is 0 Å². The van der Waals surface area contributed by atoms with Gasteiger partial charge in [-0.1, -0.05) is 6.07 Å². The van der Waals surface area contributed by atoms with Crippen molar-refractivity contribution >= 4 is 24.2 Å². The number of hydrogen-bond donors (Lipinski definition) is 2. The maximum absolute atomic E-state index is 12.0. The molecule has 2 N–H and O–H groups in total. The van der Waals surface area contributed by atoms with E-state index in [2.05, 4.69) is 5.32 Å². The molecule has 0 aliphatic rings. The Labute approximate surface area is 192 Å². The van der Waals surface area contributed by atoms with Crippen molar-refractivity contribution in [2.24, 2.45) is 0 Å². The van der Waals surface area contributed by atoms with E-state index in [9.17, 15) is 24.3 Å². The third-order valence-electron chi connectivity index (χ3n) is 3.82. The lowest BCUT2D eigenvalue weighted by molar-refractivity contribution is -0.145. The van der Waals surface area contributed by atoms with Gasteiger partial charge in [0.05, 0.1) is 12.2 Å². The lowest BCUT2D eigenvalue weighted by Crippen LogP contribution is -2.42. The van der Waals surface area contributed by atoms with Gasteiger partial charge in [0.15, 0.2) is 11.5 Å². The number of carbonyl (C=O) groups excluding carboxylic acids is 3. The van der Waals surface area contributed by atoms with E-state index in [-0.39, 0.29) is 24.5 Å². The van der Waals surface area contributed by atoms with E-state index in [1.807, 2.05) is 0 Å². The Balaban J connectivity index is 3.05. The Morgan fingerprint density at radius 2 is 1.42 bits per heavy atom. The van der Waals surface area contributed by atoms with Crippen LogP contribution in [0.15, 0.2) is 18.2 Å².